The molecule has 0 bridgehead atoms. The first-order valence-corrected chi connectivity index (χ1v) is 10.8. The molecule has 4 N–H and O–H groups in total. The van der Waals surface area contributed by atoms with Gasteiger partial charge in [-0.25, -0.2) is 9.67 Å². The van der Waals surface area contributed by atoms with Crippen LogP contribution in [0.15, 0.2) is 61.1 Å². The van der Waals surface area contributed by atoms with Gasteiger partial charge in [0.25, 0.3) is 0 Å². The first-order valence-electron chi connectivity index (χ1n) is 10.8. The average Bonchev–Trinajstić information content (AvgIpc) is 3.40. The van der Waals surface area contributed by atoms with Crippen LogP contribution in [0.25, 0.3) is 6.08 Å². The van der Waals surface area contributed by atoms with Crippen LogP contribution in [-0.4, -0.2) is 32.0 Å². The van der Waals surface area contributed by atoms with Crippen molar-refractivity contribution in [1.82, 2.24) is 30.3 Å². The number of hydrogen-bond donors (Lipinski definition) is 3. The van der Waals surface area contributed by atoms with Crippen LogP contribution in [0.2, 0.25) is 0 Å². The molecule has 0 aliphatic carbocycles. The van der Waals surface area contributed by atoms with Crippen molar-refractivity contribution < 1.29 is 0 Å². The van der Waals surface area contributed by atoms with Gasteiger partial charge in [-0.05, 0) is 44.4 Å². The number of unbranched alkanes of at least 4 members (excludes halogenated alkanes) is 3. The Hall–Kier alpha value is -3.35. The van der Waals surface area contributed by atoms with Crippen molar-refractivity contribution >= 4 is 12.0 Å². The number of rotatable bonds is 11. The van der Waals surface area contributed by atoms with Gasteiger partial charge in [0.1, 0.15) is 0 Å². The highest BCUT2D eigenvalue weighted by Gasteiger charge is 2.02. The average molecular weight is 422 g/mol. The summed E-state index contributed by atoms with van der Waals surface area (Å²) in [6.45, 7) is 6.27. The van der Waals surface area contributed by atoms with Crippen molar-refractivity contribution in [1.29, 1.82) is 0 Å². The Labute approximate surface area is 185 Å². The monoisotopic (exact) mass is 421 g/mol. The highest BCUT2D eigenvalue weighted by Crippen LogP contribution is 2.11. The SMILES string of the molecule is C/C(=C\c1ccccc1)Cn1cc(CCCCCCc2cnc(N)[nH]2)nn1.C=CNC. The van der Waals surface area contributed by atoms with Gasteiger partial charge in [-0.3, -0.25) is 0 Å². The first-order chi connectivity index (χ1) is 15.1. The van der Waals surface area contributed by atoms with Crippen molar-refractivity contribution in [3.8, 4) is 0 Å². The van der Waals surface area contributed by atoms with E-state index in [2.05, 4.69) is 75.6 Å². The zero-order valence-electron chi connectivity index (χ0n) is 18.7. The zero-order chi connectivity index (χ0) is 22.3. The van der Waals surface area contributed by atoms with Crippen LogP contribution in [0.5, 0.6) is 0 Å². The third-order valence-electron chi connectivity index (χ3n) is 4.69. The topological polar surface area (TPSA) is 97.4 Å². The van der Waals surface area contributed by atoms with E-state index in [0.717, 1.165) is 43.6 Å². The number of nitrogens with one attached hydrogen (secondary N) is 2. The Kier molecular flexibility index (Phi) is 10.6. The van der Waals surface area contributed by atoms with E-state index in [0.29, 0.717) is 5.95 Å². The second-order valence-electron chi connectivity index (χ2n) is 7.51. The second-order valence-corrected chi connectivity index (χ2v) is 7.51. The molecular formula is C24H35N7. The molecule has 3 aromatic rings. The lowest BCUT2D eigenvalue weighted by Gasteiger charge is -2.01. The molecule has 3 rings (SSSR count). The zero-order valence-corrected chi connectivity index (χ0v) is 18.7. The predicted octanol–water partition coefficient (Wildman–Crippen LogP) is 4.38. The summed E-state index contributed by atoms with van der Waals surface area (Å²) in [7, 11) is 1.81. The highest BCUT2D eigenvalue weighted by molar-refractivity contribution is 5.51. The van der Waals surface area contributed by atoms with E-state index < -0.39 is 0 Å². The van der Waals surface area contributed by atoms with E-state index in [9.17, 15) is 0 Å². The fourth-order valence-electron chi connectivity index (χ4n) is 3.14. The third-order valence-corrected chi connectivity index (χ3v) is 4.69. The normalized spacial score (nSPS) is 11.0. The van der Waals surface area contributed by atoms with Gasteiger partial charge >= 0.3 is 0 Å². The summed E-state index contributed by atoms with van der Waals surface area (Å²) in [6.07, 6.45) is 14.4. The molecule has 31 heavy (non-hydrogen) atoms. The van der Waals surface area contributed by atoms with Crippen LogP contribution >= 0.6 is 0 Å². The summed E-state index contributed by atoms with van der Waals surface area (Å²) in [4.78, 5) is 7.09. The Balaban J connectivity index is 0.000000785. The van der Waals surface area contributed by atoms with E-state index in [-0.39, 0.29) is 0 Å². The Morgan fingerprint density at radius 2 is 1.87 bits per heavy atom. The number of anilines is 1. The standard InChI is InChI=1S/C21H28N6.C3H7N/c1-17(13-18-9-5-4-6-10-18)15-27-16-20(25-26-27)12-8-3-2-7-11-19-14-23-21(22)24-19;1-3-4-2/h4-6,9-10,13-14,16H,2-3,7-8,11-12,15H2,1H3,(H3,22,23,24);3-4H,1H2,2H3/b17-13+;. The predicted molar refractivity (Wildman–Crippen MR) is 128 cm³/mol. The van der Waals surface area contributed by atoms with Crippen molar-refractivity contribution in [2.45, 2.75) is 52.0 Å². The van der Waals surface area contributed by atoms with Gasteiger partial charge < -0.3 is 16.0 Å². The van der Waals surface area contributed by atoms with E-state index in [1.165, 1.54) is 24.0 Å². The van der Waals surface area contributed by atoms with Crippen LogP contribution in [0.4, 0.5) is 5.95 Å². The molecule has 166 valence electrons. The number of allylic oxidation sites excluding steroid dienone is 1. The number of aryl methyl sites for hydroxylation is 2. The Bertz CT molecular complexity index is 909. The summed E-state index contributed by atoms with van der Waals surface area (Å²) in [5, 5.41) is 11.3. The van der Waals surface area contributed by atoms with E-state index in [4.69, 9.17) is 5.73 Å². The molecule has 7 nitrogen and oxygen atoms in total. The molecule has 0 saturated carbocycles. The quantitative estimate of drug-likeness (QED) is 0.399. The second kappa shape index (κ2) is 13.8. The van der Waals surface area contributed by atoms with Crippen LogP contribution in [0.3, 0.4) is 0 Å². The molecule has 0 atom stereocenters. The summed E-state index contributed by atoms with van der Waals surface area (Å²) >= 11 is 0. The summed E-state index contributed by atoms with van der Waals surface area (Å²) in [6, 6.07) is 10.4. The molecule has 0 unspecified atom stereocenters. The largest absolute Gasteiger partial charge is 0.394 e. The van der Waals surface area contributed by atoms with Gasteiger partial charge in [0.05, 0.1) is 18.4 Å². The number of benzene rings is 1. The maximum Gasteiger partial charge on any atom is 0.197 e. The molecule has 0 amide bonds. The van der Waals surface area contributed by atoms with Crippen LogP contribution in [0.1, 0.15) is 49.6 Å². The molecule has 2 aromatic heterocycles. The van der Waals surface area contributed by atoms with Gasteiger partial charge in [0, 0.05) is 18.9 Å². The smallest absolute Gasteiger partial charge is 0.197 e. The van der Waals surface area contributed by atoms with Gasteiger partial charge in [-0.2, -0.15) is 0 Å². The van der Waals surface area contributed by atoms with Crippen molar-refractivity contribution in [2.75, 3.05) is 12.8 Å². The van der Waals surface area contributed by atoms with Gasteiger partial charge in [-0.1, -0.05) is 66.6 Å². The minimum Gasteiger partial charge on any atom is -0.394 e. The fraction of sp³-hybridized carbons (Fsp3) is 0.375. The number of imidazole rings is 1. The van der Waals surface area contributed by atoms with Gasteiger partial charge in [0.2, 0.25) is 0 Å². The molecule has 2 heterocycles. The van der Waals surface area contributed by atoms with Gasteiger partial charge in [-0.15, -0.1) is 5.10 Å². The fourth-order valence-corrected chi connectivity index (χ4v) is 3.14. The lowest BCUT2D eigenvalue weighted by atomic mass is 10.1. The summed E-state index contributed by atoms with van der Waals surface area (Å²) in [5.74, 6) is 0.502. The van der Waals surface area contributed by atoms with E-state index in [1.54, 1.807) is 6.20 Å². The van der Waals surface area contributed by atoms with Crippen molar-refractivity contribution in [3.63, 3.8) is 0 Å². The number of H-pyrrole nitrogens is 1. The summed E-state index contributed by atoms with van der Waals surface area (Å²) < 4.78 is 1.92. The number of nitrogens with two attached hydrogens (primary N) is 1. The maximum atomic E-state index is 5.58. The Morgan fingerprint density at radius 1 is 1.16 bits per heavy atom. The lowest BCUT2D eigenvalue weighted by molar-refractivity contribution is 0.630. The molecule has 0 fully saturated rings. The highest BCUT2D eigenvalue weighted by atomic mass is 15.4. The molecule has 0 saturated heterocycles. The van der Waals surface area contributed by atoms with Crippen molar-refractivity contribution in [3.05, 3.63) is 78.0 Å². The molecule has 1 aromatic carbocycles. The lowest BCUT2D eigenvalue weighted by Crippen LogP contribution is -1.99. The molecule has 7 heteroatoms. The van der Waals surface area contributed by atoms with E-state index in [1.807, 2.05) is 24.0 Å². The minimum atomic E-state index is 0.502. The minimum absolute atomic E-state index is 0.502. The molecular weight excluding hydrogens is 386 g/mol. The maximum absolute atomic E-state index is 5.58. The third kappa shape index (κ3) is 9.80. The number of hydrogen-bond acceptors (Lipinski definition) is 5. The number of aromatic amines is 1. The molecule has 0 spiro atoms. The van der Waals surface area contributed by atoms with Crippen LogP contribution in [0, 0.1) is 0 Å². The number of nitrogens with zero attached hydrogens (tertiary/aromatic N) is 4. The van der Waals surface area contributed by atoms with Crippen LogP contribution < -0.4 is 11.1 Å². The molecule has 0 radical (unpaired) electrons. The number of aromatic nitrogens is 5. The molecule has 0 aliphatic heterocycles. The Morgan fingerprint density at radius 3 is 2.52 bits per heavy atom. The molecule has 0 aliphatic rings. The first kappa shape index (κ1) is 23.9. The number of nitrogen functional groups attached to an aromatic ring is 1. The van der Waals surface area contributed by atoms with Crippen molar-refractivity contribution in [2.24, 2.45) is 0 Å². The summed E-state index contributed by atoms with van der Waals surface area (Å²) in [5.41, 5.74) is 10.3. The van der Waals surface area contributed by atoms with E-state index >= 15 is 0 Å². The van der Waals surface area contributed by atoms with Gasteiger partial charge in [0.15, 0.2) is 5.95 Å². The van der Waals surface area contributed by atoms with Crippen LogP contribution in [-0.2, 0) is 19.4 Å².